The van der Waals surface area contributed by atoms with Crippen LogP contribution in [0.3, 0.4) is 0 Å². The molecule has 1 saturated heterocycles. The number of H-pyrrole nitrogens is 1. The highest BCUT2D eigenvalue weighted by molar-refractivity contribution is 5.94. The zero-order valence-electron chi connectivity index (χ0n) is 16.5. The van der Waals surface area contributed by atoms with Crippen LogP contribution in [0.1, 0.15) is 12.8 Å². The van der Waals surface area contributed by atoms with Gasteiger partial charge in [-0.1, -0.05) is 30.3 Å². The molecule has 2 amide bonds. The second-order valence-electron chi connectivity index (χ2n) is 7.45. The Hall–Kier alpha value is -3.12. The molecule has 29 heavy (non-hydrogen) atoms. The molecule has 150 valence electrons. The lowest BCUT2D eigenvalue weighted by molar-refractivity contribution is -0.138. The number of likely N-dealkylation sites (tertiary alicyclic amines) is 1. The number of hydrogen-bond acceptors (Lipinski definition) is 3. The standard InChI is InChI=1S/C23H25N3O3/c1-29-15-22(27)26-11-5-8-18(14-26)23(28)24-19-9-4-7-16(12-19)21-13-17-6-2-3-10-20(17)25-21/h2-4,6-7,9-10,12-13,18,25H,5,8,11,14-15H2,1H3,(H,24,28). The summed E-state index contributed by atoms with van der Waals surface area (Å²) in [4.78, 5) is 30.0. The van der Waals surface area contributed by atoms with Crippen LogP contribution >= 0.6 is 0 Å². The van der Waals surface area contributed by atoms with E-state index in [0.717, 1.165) is 40.7 Å². The number of methoxy groups -OCH3 is 1. The Morgan fingerprint density at radius 1 is 1.17 bits per heavy atom. The van der Waals surface area contributed by atoms with E-state index in [1.807, 2.05) is 42.5 Å². The van der Waals surface area contributed by atoms with Gasteiger partial charge in [0.2, 0.25) is 11.8 Å². The largest absolute Gasteiger partial charge is 0.375 e. The molecular weight excluding hydrogens is 366 g/mol. The fourth-order valence-electron chi connectivity index (χ4n) is 3.87. The number of piperidine rings is 1. The average molecular weight is 391 g/mol. The van der Waals surface area contributed by atoms with Gasteiger partial charge in [-0.2, -0.15) is 0 Å². The van der Waals surface area contributed by atoms with Crippen LogP contribution in [0.15, 0.2) is 54.6 Å². The number of anilines is 1. The van der Waals surface area contributed by atoms with Gasteiger partial charge >= 0.3 is 0 Å². The van der Waals surface area contributed by atoms with Crippen LogP contribution in [0, 0.1) is 5.92 Å². The van der Waals surface area contributed by atoms with Crippen molar-refractivity contribution in [1.29, 1.82) is 0 Å². The Morgan fingerprint density at radius 3 is 2.86 bits per heavy atom. The molecule has 1 aliphatic heterocycles. The van der Waals surface area contributed by atoms with E-state index in [0.29, 0.717) is 13.1 Å². The van der Waals surface area contributed by atoms with Crippen LogP contribution in [-0.2, 0) is 14.3 Å². The highest BCUT2D eigenvalue weighted by Crippen LogP contribution is 2.27. The van der Waals surface area contributed by atoms with E-state index >= 15 is 0 Å². The fraction of sp³-hybridized carbons (Fsp3) is 0.304. The summed E-state index contributed by atoms with van der Waals surface area (Å²) in [5, 5.41) is 4.18. The summed E-state index contributed by atoms with van der Waals surface area (Å²) in [5.74, 6) is -0.319. The van der Waals surface area contributed by atoms with Gasteiger partial charge in [0, 0.05) is 48.0 Å². The van der Waals surface area contributed by atoms with Crippen LogP contribution in [0.25, 0.3) is 22.2 Å². The molecule has 6 nitrogen and oxygen atoms in total. The Balaban J connectivity index is 1.46. The molecule has 1 aromatic heterocycles. The highest BCUT2D eigenvalue weighted by Gasteiger charge is 2.28. The number of fused-ring (bicyclic) bond motifs is 1. The quantitative estimate of drug-likeness (QED) is 0.697. The number of hydrogen-bond donors (Lipinski definition) is 2. The normalized spacial score (nSPS) is 16.7. The number of benzene rings is 2. The molecule has 0 spiro atoms. The van der Waals surface area contributed by atoms with E-state index in [1.165, 1.54) is 7.11 Å². The first-order valence-corrected chi connectivity index (χ1v) is 9.90. The molecule has 2 N–H and O–H groups in total. The van der Waals surface area contributed by atoms with Crippen LogP contribution in [0.5, 0.6) is 0 Å². The highest BCUT2D eigenvalue weighted by atomic mass is 16.5. The van der Waals surface area contributed by atoms with E-state index in [1.54, 1.807) is 4.90 Å². The van der Waals surface area contributed by atoms with Crippen molar-refractivity contribution >= 4 is 28.4 Å². The molecular formula is C23H25N3O3. The van der Waals surface area contributed by atoms with Gasteiger partial charge in [0.25, 0.3) is 0 Å². The second kappa shape index (κ2) is 8.49. The zero-order chi connectivity index (χ0) is 20.2. The molecule has 0 radical (unpaired) electrons. The van der Waals surface area contributed by atoms with Crippen LogP contribution < -0.4 is 5.32 Å². The molecule has 4 rings (SSSR count). The minimum Gasteiger partial charge on any atom is -0.375 e. The van der Waals surface area contributed by atoms with E-state index in [4.69, 9.17) is 4.74 Å². The molecule has 1 unspecified atom stereocenters. The van der Waals surface area contributed by atoms with Gasteiger partial charge in [-0.3, -0.25) is 9.59 Å². The molecule has 1 aliphatic rings. The van der Waals surface area contributed by atoms with E-state index < -0.39 is 0 Å². The number of nitrogens with one attached hydrogen (secondary N) is 2. The summed E-state index contributed by atoms with van der Waals surface area (Å²) in [6.07, 6.45) is 1.60. The van der Waals surface area contributed by atoms with Crippen molar-refractivity contribution in [3.8, 4) is 11.3 Å². The molecule has 2 aromatic carbocycles. The van der Waals surface area contributed by atoms with Crippen molar-refractivity contribution in [3.05, 3.63) is 54.6 Å². The van der Waals surface area contributed by atoms with Crippen molar-refractivity contribution < 1.29 is 14.3 Å². The third-order valence-corrected chi connectivity index (χ3v) is 5.38. The predicted octanol–water partition coefficient (Wildman–Crippen LogP) is 3.66. The summed E-state index contributed by atoms with van der Waals surface area (Å²) in [6.45, 7) is 1.18. The lowest BCUT2D eigenvalue weighted by atomic mass is 9.97. The minimum absolute atomic E-state index is 0.0475. The molecule has 0 saturated carbocycles. The lowest BCUT2D eigenvalue weighted by Gasteiger charge is -2.32. The van der Waals surface area contributed by atoms with Gasteiger partial charge in [0.1, 0.15) is 6.61 Å². The summed E-state index contributed by atoms with van der Waals surface area (Å²) >= 11 is 0. The van der Waals surface area contributed by atoms with Crippen LogP contribution in [0.2, 0.25) is 0 Å². The number of para-hydroxylation sites is 1. The smallest absolute Gasteiger partial charge is 0.248 e. The van der Waals surface area contributed by atoms with Crippen molar-refractivity contribution in [3.63, 3.8) is 0 Å². The minimum atomic E-state index is -0.207. The Bertz CT molecular complexity index is 994. The SMILES string of the molecule is COCC(=O)N1CCCC(C(=O)Nc2cccc(-c3cc4ccccc4[nH]3)c2)C1. The molecule has 3 aromatic rings. The maximum absolute atomic E-state index is 12.8. The number of ether oxygens (including phenoxy) is 1. The van der Waals surface area contributed by atoms with Crippen molar-refractivity contribution in [2.45, 2.75) is 12.8 Å². The predicted molar refractivity (Wildman–Crippen MR) is 114 cm³/mol. The fourth-order valence-corrected chi connectivity index (χ4v) is 3.87. The summed E-state index contributed by atoms with van der Waals surface area (Å²) in [7, 11) is 1.51. The second-order valence-corrected chi connectivity index (χ2v) is 7.45. The summed E-state index contributed by atoms with van der Waals surface area (Å²) in [5.41, 5.74) is 3.86. The Morgan fingerprint density at radius 2 is 2.03 bits per heavy atom. The molecule has 0 aliphatic carbocycles. The maximum atomic E-state index is 12.8. The average Bonchev–Trinajstić information content (AvgIpc) is 3.19. The zero-order valence-corrected chi connectivity index (χ0v) is 16.5. The summed E-state index contributed by atoms with van der Waals surface area (Å²) in [6, 6.07) is 18.1. The van der Waals surface area contributed by atoms with Gasteiger partial charge in [-0.15, -0.1) is 0 Å². The van der Waals surface area contributed by atoms with Crippen molar-refractivity contribution in [2.75, 3.05) is 32.1 Å². The molecule has 6 heteroatoms. The van der Waals surface area contributed by atoms with Gasteiger partial charge < -0.3 is 19.9 Å². The Kier molecular flexibility index (Phi) is 5.62. The van der Waals surface area contributed by atoms with E-state index in [-0.39, 0.29) is 24.3 Å². The first-order valence-electron chi connectivity index (χ1n) is 9.90. The lowest BCUT2D eigenvalue weighted by Crippen LogP contribution is -2.45. The number of carbonyl (C=O) groups excluding carboxylic acids is 2. The van der Waals surface area contributed by atoms with Gasteiger partial charge in [0.05, 0.1) is 5.92 Å². The number of aromatic amines is 1. The first kappa shape index (κ1) is 19.2. The third kappa shape index (κ3) is 4.32. The van der Waals surface area contributed by atoms with Crippen molar-refractivity contribution in [1.82, 2.24) is 9.88 Å². The summed E-state index contributed by atoms with van der Waals surface area (Å²) < 4.78 is 4.93. The number of aromatic nitrogens is 1. The van der Waals surface area contributed by atoms with Crippen LogP contribution in [-0.4, -0.2) is 48.5 Å². The monoisotopic (exact) mass is 391 g/mol. The number of nitrogens with zero attached hydrogens (tertiary/aromatic N) is 1. The first-order chi connectivity index (χ1) is 14.1. The van der Waals surface area contributed by atoms with Gasteiger partial charge in [-0.05, 0) is 37.1 Å². The van der Waals surface area contributed by atoms with Gasteiger partial charge in [0.15, 0.2) is 0 Å². The topological polar surface area (TPSA) is 74.4 Å². The molecule has 2 heterocycles. The number of rotatable bonds is 5. The third-order valence-electron chi connectivity index (χ3n) is 5.38. The Labute approximate surface area is 169 Å². The molecule has 1 atom stereocenters. The van der Waals surface area contributed by atoms with Crippen LogP contribution in [0.4, 0.5) is 5.69 Å². The number of amides is 2. The van der Waals surface area contributed by atoms with Gasteiger partial charge in [-0.25, -0.2) is 0 Å². The molecule has 1 fully saturated rings. The number of carbonyl (C=O) groups is 2. The molecule has 0 bridgehead atoms. The van der Waals surface area contributed by atoms with E-state index in [2.05, 4.69) is 22.4 Å². The maximum Gasteiger partial charge on any atom is 0.248 e. The van der Waals surface area contributed by atoms with Crippen molar-refractivity contribution in [2.24, 2.45) is 5.92 Å². The van der Waals surface area contributed by atoms with E-state index in [9.17, 15) is 9.59 Å².